The first kappa shape index (κ1) is 17.3. The summed E-state index contributed by atoms with van der Waals surface area (Å²) < 4.78 is 0. The molecule has 0 heterocycles. The molecule has 0 spiro atoms. The second-order valence-corrected chi connectivity index (χ2v) is 5.10. The molecule has 0 aliphatic rings. The number of benzene rings is 1. The lowest BCUT2D eigenvalue weighted by Crippen LogP contribution is -2.47. The second-order valence-electron chi connectivity index (χ2n) is 4.70. The second kappa shape index (κ2) is 8.49. The van der Waals surface area contributed by atoms with Crippen LogP contribution in [-0.2, 0) is 11.3 Å². The zero-order valence-electron chi connectivity index (χ0n) is 11.7. The summed E-state index contributed by atoms with van der Waals surface area (Å²) >= 11 is 6.04. The standard InChI is InChI=1S/C14H20ClN3O3/c15-11-6-2-1-5-10(11)9-18(14(17)21)12(13(19)20)7-3-4-8-16/h1-2,5-6,12H,3-4,7-9,16H2,(H2,17,21)(H,19,20). The first-order valence-electron chi connectivity index (χ1n) is 6.69. The van der Waals surface area contributed by atoms with Crippen molar-refractivity contribution in [1.29, 1.82) is 0 Å². The van der Waals surface area contributed by atoms with E-state index in [1.165, 1.54) is 0 Å². The van der Waals surface area contributed by atoms with Gasteiger partial charge in [0.2, 0.25) is 0 Å². The number of urea groups is 1. The van der Waals surface area contributed by atoms with Gasteiger partial charge in [0.25, 0.3) is 0 Å². The van der Waals surface area contributed by atoms with E-state index in [1.54, 1.807) is 24.3 Å². The van der Waals surface area contributed by atoms with Crippen LogP contribution in [0.25, 0.3) is 0 Å². The van der Waals surface area contributed by atoms with E-state index >= 15 is 0 Å². The smallest absolute Gasteiger partial charge is 0.326 e. The predicted octanol–water partition coefficient (Wildman–Crippen LogP) is 1.80. The van der Waals surface area contributed by atoms with E-state index in [4.69, 9.17) is 23.1 Å². The van der Waals surface area contributed by atoms with Crippen LogP contribution in [0.5, 0.6) is 0 Å². The van der Waals surface area contributed by atoms with E-state index in [-0.39, 0.29) is 6.54 Å². The summed E-state index contributed by atoms with van der Waals surface area (Å²) in [5.41, 5.74) is 11.4. The number of unbranched alkanes of at least 4 members (excludes halogenated alkanes) is 1. The molecule has 1 rings (SSSR count). The van der Waals surface area contributed by atoms with Gasteiger partial charge in [0, 0.05) is 11.6 Å². The van der Waals surface area contributed by atoms with Gasteiger partial charge < -0.3 is 21.5 Å². The summed E-state index contributed by atoms with van der Waals surface area (Å²) in [5.74, 6) is -1.09. The highest BCUT2D eigenvalue weighted by atomic mass is 35.5. The Morgan fingerprint density at radius 2 is 1.95 bits per heavy atom. The minimum Gasteiger partial charge on any atom is -0.480 e. The van der Waals surface area contributed by atoms with Crippen LogP contribution in [-0.4, -0.2) is 34.6 Å². The number of halogens is 1. The molecule has 0 saturated carbocycles. The molecule has 2 amide bonds. The van der Waals surface area contributed by atoms with Gasteiger partial charge in [-0.15, -0.1) is 0 Å². The molecular weight excluding hydrogens is 294 g/mol. The maximum absolute atomic E-state index is 11.6. The third-order valence-electron chi connectivity index (χ3n) is 3.17. The molecular formula is C14H20ClN3O3. The Balaban J connectivity index is 2.89. The number of carbonyl (C=O) groups is 2. The highest BCUT2D eigenvalue weighted by Gasteiger charge is 2.28. The third-order valence-corrected chi connectivity index (χ3v) is 3.54. The molecule has 7 heteroatoms. The van der Waals surface area contributed by atoms with Crippen LogP contribution < -0.4 is 11.5 Å². The lowest BCUT2D eigenvalue weighted by Gasteiger charge is -2.27. The minimum atomic E-state index is -1.09. The average molecular weight is 314 g/mol. The number of nitrogens with zero attached hydrogens (tertiary/aromatic N) is 1. The van der Waals surface area contributed by atoms with Crippen molar-refractivity contribution in [1.82, 2.24) is 4.90 Å². The Morgan fingerprint density at radius 1 is 1.29 bits per heavy atom. The quantitative estimate of drug-likeness (QED) is 0.636. The summed E-state index contributed by atoms with van der Waals surface area (Å²) in [5, 5.41) is 9.79. The SMILES string of the molecule is NCCCCC(C(=O)O)N(Cc1ccccc1Cl)C(N)=O. The van der Waals surface area contributed by atoms with Crippen LogP contribution >= 0.6 is 11.6 Å². The van der Waals surface area contributed by atoms with Crippen molar-refractivity contribution in [2.45, 2.75) is 31.8 Å². The molecule has 0 fully saturated rings. The number of aliphatic carboxylic acids is 1. The molecule has 0 aromatic heterocycles. The van der Waals surface area contributed by atoms with Crippen molar-refractivity contribution in [2.75, 3.05) is 6.54 Å². The molecule has 1 aromatic carbocycles. The van der Waals surface area contributed by atoms with Gasteiger partial charge in [-0.2, -0.15) is 0 Å². The highest BCUT2D eigenvalue weighted by Crippen LogP contribution is 2.20. The van der Waals surface area contributed by atoms with E-state index in [0.29, 0.717) is 36.4 Å². The number of rotatable bonds is 8. The maximum atomic E-state index is 11.6. The zero-order chi connectivity index (χ0) is 15.8. The fourth-order valence-corrected chi connectivity index (χ4v) is 2.24. The predicted molar refractivity (Wildman–Crippen MR) is 80.9 cm³/mol. The van der Waals surface area contributed by atoms with E-state index < -0.39 is 18.0 Å². The lowest BCUT2D eigenvalue weighted by molar-refractivity contribution is -0.142. The van der Waals surface area contributed by atoms with Crippen LogP contribution in [0.15, 0.2) is 24.3 Å². The summed E-state index contributed by atoms with van der Waals surface area (Å²) in [7, 11) is 0. The molecule has 0 aliphatic heterocycles. The minimum absolute atomic E-state index is 0.0641. The van der Waals surface area contributed by atoms with Gasteiger partial charge in [-0.25, -0.2) is 9.59 Å². The van der Waals surface area contributed by atoms with Crippen LogP contribution in [0.3, 0.4) is 0 Å². The van der Waals surface area contributed by atoms with Crippen molar-refractivity contribution in [2.24, 2.45) is 11.5 Å². The van der Waals surface area contributed by atoms with Crippen molar-refractivity contribution in [3.8, 4) is 0 Å². The van der Waals surface area contributed by atoms with Crippen LogP contribution in [0.1, 0.15) is 24.8 Å². The lowest BCUT2D eigenvalue weighted by atomic mass is 10.1. The molecule has 0 bridgehead atoms. The number of hydrogen-bond donors (Lipinski definition) is 3. The molecule has 1 unspecified atom stereocenters. The van der Waals surface area contributed by atoms with Gasteiger partial charge in [-0.05, 0) is 37.4 Å². The Bertz CT molecular complexity index is 496. The molecule has 0 radical (unpaired) electrons. The summed E-state index contributed by atoms with van der Waals surface area (Å²) in [6, 6.07) is 5.18. The van der Waals surface area contributed by atoms with Gasteiger partial charge in [0.1, 0.15) is 6.04 Å². The Hall–Kier alpha value is -1.79. The number of hydrogen-bond acceptors (Lipinski definition) is 3. The van der Waals surface area contributed by atoms with Gasteiger partial charge in [0.05, 0.1) is 0 Å². The number of nitrogens with two attached hydrogens (primary N) is 2. The van der Waals surface area contributed by atoms with E-state index in [1.807, 2.05) is 0 Å². The molecule has 5 N–H and O–H groups in total. The van der Waals surface area contributed by atoms with Gasteiger partial charge in [0.15, 0.2) is 0 Å². The third kappa shape index (κ3) is 5.24. The zero-order valence-corrected chi connectivity index (χ0v) is 12.4. The molecule has 21 heavy (non-hydrogen) atoms. The first-order chi connectivity index (χ1) is 9.97. The Kier molecular flexibility index (Phi) is 6.98. The van der Waals surface area contributed by atoms with Crippen molar-refractivity contribution < 1.29 is 14.7 Å². The highest BCUT2D eigenvalue weighted by molar-refractivity contribution is 6.31. The topological polar surface area (TPSA) is 110 Å². The van der Waals surface area contributed by atoms with Gasteiger partial charge in [-0.1, -0.05) is 29.8 Å². The van der Waals surface area contributed by atoms with E-state index in [9.17, 15) is 14.7 Å². The average Bonchev–Trinajstić information content (AvgIpc) is 2.43. The molecule has 1 aromatic rings. The van der Waals surface area contributed by atoms with Crippen molar-refractivity contribution >= 4 is 23.6 Å². The van der Waals surface area contributed by atoms with Gasteiger partial charge in [-0.3, -0.25) is 0 Å². The Labute approximate surface area is 128 Å². The number of amides is 2. The maximum Gasteiger partial charge on any atom is 0.326 e. The Morgan fingerprint density at radius 3 is 2.48 bits per heavy atom. The monoisotopic (exact) mass is 313 g/mol. The first-order valence-corrected chi connectivity index (χ1v) is 7.07. The summed E-state index contributed by atoms with van der Waals surface area (Å²) in [6.45, 7) is 0.544. The van der Waals surface area contributed by atoms with E-state index in [2.05, 4.69) is 0 Å². The number of primary amides is 1. The van der Waals surface area contributed by atoms with Crippen LogP contribution in [0.2, 0.25) is 5.02 Å². The molecule has 6 nitrogen and oxygen atoms in total. The van der Waals surface area contributed by atoms with Crippen molar-refractivity contribution in [3.63, 3.8) is 0 Å². The summed E-state index contributed by atoms with van der Waals surface area (Å²) in [6.07, 6.45) is 1.61. The van der Waals surface area contributed by atoms with Crippen molar-refractivity contribution in [3.05, 3.63) is 34.9 Å². The largest absolute Gasteiger partial charge is 0.480 e. The molecule has 0 saturated heterocycles. The number of carboxylic acid groups (broad SMARTS) is 1. The number of carboxylic acids is 1. The molecule has 116 valence electrons. The normalized spacial score (nSPS) is 11.9. The fraction of sp³-hybridized carbons (Fsp3) is 0.429. The fourth-order valence-electron chi connectivity index (χ4n) is 2.05. The van der Waals surface area contributed by atoms with E-state index in [0.717, 1.165) is 4.90 Å². The summed E-state index contributed by atoms with van der Waals surface area (Å²) in [4.78, 5) is 24.1. The molecule has 1 atom stereocenters. The van der Waals surface area contributed by atoms with Crippen LogP contribution in [0, 0.1) is 0 Å². The number of carbonyl (C=O) groups excluding carboxylic acids is 1. The molecule has 0 aliphatic carbocycles. The van der Waals surface area contributed by atoms with Crippen LogP contribution in [0.4, 0.5) is 4.79 Å². The van der Waals surface area contributed by atoms with Gasteiger partial charge >= 0.3 is 12.0 Å².